The lowest BCUT2D eigenvalue weighted by Crippen LogP contribution is -2.51. The van der Waals surface area contributed by atoms with E-state index in [1.165, 1.54) is 12.7 Å². The van der Waals surface area contributed by atoms with Crippen LogP contribution in [0.1, 0.15) is 94.4 Å². The Hall–Kier alpha value is -5.37. The third-order valence-corrected chi connectivity index (χ3v) is 11.6. The Morgan fingerprint density at radius 3 is 2.56 bits per heavy atom. The number of hydrogen-bond donors (Lipinski definition) is 3. The molecule has 0 radical (unpaired) electrons. The van der Waals surface area contributed by atoms with Crippen molar-refractivity contribution >= 4 is 18.1 Å². The zero-order valence-corrected chi connectivity index (χ0v) is 33.9. The molecule has 3 amide bonds. The molecule has 4 unspecified atom stereocenters. The molecule has 3 N–H and O–H groups in total. The van der Waals surface area contributed by atoms with Gasteiger partial charge in [-0.1, -0.05) is 26.0 Å². The van der Waals surface area contributed by atoms with Gasteiger partial charge in [-0.2, -0.15) is 0 Å². The van der Waals surface area contributed by atoms with Crippen LogP contribution >= 0.6 is 0 Å². The molecule has 4 aromatic rings. The fourth-order valence-electron chi connectivity index (χ4n) is 8.84. The van der Waals surface area contributed by atoms with E-state index in [9.17, 15) is 14.4 Å². The molecule has 2 aromatic heterocycles. The minimum absolute atomic E-state index is 0.107. The van der Waals surface area contributed by atoms with Crippen LogP contribution in [0.4, 0.5) is 9.59 Å². The third kappa shape index (κ3) is 7.47. The highest BCUT2D eigenvalue weighted by Crippen LogP contribution is 2.46. The summed E-state index contributed by atoms with van der Waals surface area (Å²) in [7, 11) is 2.99. The second-order valence-electron chi connectivity index (χ2n) is 17.1. The molecule has 1 aliphatic carbocycles. The number of carbonyl (C=O) groups excluding carboxylic acids is 3. The Morgan fingerprint density at radius 1 is 0.982 bits per heavy atom. The number of aromatic amines is 2. The van der Waals surface area contributed by atoms with Gasteiger partial charge in [0.25, 0.3) is 0 Å². The normalized spacial score (nSPS) is 20.3. The largest absolute Gasteiger partial charge is 0.488 e. The summed E-state index contributed by atoms with van der Waals surface area (Å²) in [6, 6.07) is 9.63. The number of ether oxygens (including phenoxy) is 4. The average Bonchev–Trinajstić information content (AvgIpc) is 4.01. The first-order valence-corrected chi connectivity index (χ1v) is 20.0. The molecule has 57 heavy (non-hydrogen) atoms. The zero-order chi connectivity index (χ0) is 40.2. The summed E-state index contributed by atoms with van der Waals surface area (Å²) in [6.07, 6.45) is 4.90. The molecule has 0 spiro atoms. The first-order chi connectivity index (χ1) is 27.3. The number of nitrogens with zero attached hydrogens (tertiary/aromatic N) is 4. The molecule has 0 bridgehead atoms. The van der Waals surface area contributed by atoms with Crippen LogP contribution in [0.2, 0.25) is 0 Å². The van der Waals surface area contributed by atoms with Crippen LogP contribution in [0, 0.1) is 11.8 Å². The first kappa shape index (κ1) is 38.5. The predicted octanol–water partition coefficient (Wildman–Crippen LogP) is 7.11. The van der Waals surface area contributed by atoms with E-state index in [-0.39, 0.29) is 35.9 Å². The van der Waals surface area contributed by atoms with E-state index in [0.717, 1.165) is 94.4 Å². The minimum atomic E-state index is -0.691. The second-order valence-corrected chi connectivity index (χ2v) is 17.1. The molecule has 0 saturated carbocycles. The van der Waals surface area contributed by atoms with Crippen LogP contribution in [0.25, 0.3) is 33.6 Å². The van der Waals surface area contributed by atoms with Crippen molar-refractivity contribution in [2.75, 3.05) is 33.9 Å². The van der Waals surface area contributed by atoms with Crippen molar-refractivity contribution in [3.63, 3.8) is 0 Å². The van der Waals surface area contributed by atoms with E-state index in [1.807, 2.05) is 45.7 Å². The number of benzene rings is 2. The number of nitrogens with one attached hydrogen (secondary N) is 3. The summed E-state index contributed by atoms with van der Waals surface area (Å²) in [4.78, 5) is 59.6. The Bertz CT molecular complexity index is 2190. The van der Waals surface area contributed by atoms with Crippen LogP contribution in [0.3, 0.4) is 0 Å². The number of aromatic nitrogens is 4. The van der Waals surface area contributed by atoms with E-state index in [4.69, 9.17) is 28.9 Å². The average molecular weight is 780 g/mol. The topological polar surface area (TPSA) is 164 Å². The molecule has 4 aliphatic rings. The summed E-state index contributed by atoms with van der Waals surface area (Å²) in [5.74, 6) is 2.26. The number of rotatable bonds is 8. The van der Waals surface area contributed by atoms with Crippen LogP contribution in [-0.2, 0) is 38.5 Å². The number of alkyl carbamates (subject to hydrolysis) is 1. The molecule has 4 atom stereocenters. The Kier molecular flexibility index (Phi) is 10.3. The summed E-state index contributed by atoms with van der Waals surface area (Å²) in [6.45, 7) is 11.6. The number of fused-ring (bicyclic) bond motifs is 6. The lowest BCUT2D eigenvalue weighted by Gasteiger charge is -2.30. The molecular formula is C43H53N7O7. The van der Waals surface area contributed by atoms with Crippen LogP contribution < -0.4 is 10.1 Å². The highest BCUT2D eigenvalue weighted by molar-refractivity contribution is 5.87. The predicted molar refractivity (Wildman–Crippen MR) is 212 cm³/mol. The van der Waals surface area contributed by atoms with Crippen molar-refractivity contribution in [1.82, 2.24) is 35.1 Å². The fourth-order valence-corrected chi connectivity index (χ4v) is 8.84. The highest BCUT2D eigenvalue weighted by Gasteiger charge is 2.41. The lowest BCUT2D eigenvalue weighted by molar-refractivity contribution is -0.135. The SMILES string of the molecule is COCC1CC(c2nc3c([nH]2)CCc2cc4c(cc2-3)OCc2cc(-c3cnc(C5CCCN5C(=O)C(NC(=O)OC)C(C)C)[nH]3)ccc2-4)N(C(=O)OC(C)(C)C)C1. The minimum Gasteiger partial charge on any atom is -0.488 e. The number of methoxy groups -OCH3 is 2. The van der Waals surface area contributed by atoms with Gasteiger partial charge in [-0.3, -0.25) is 9.69 Å². The van der Waals surface area contributed by atoms with Crippen molar-refractivity contribution in [2.45, 2.75) is 97.1 Å². The van der Waals surface area contributed by atoms with Gasteiger partial charge in [0.1, 0.15) is 35.6 Å². The van der Waals surface area contributed by atoms with Crippen LogP contribution in [0.5, 0.6) is 5.75 Å². The number of hydrogen-bond acceptors (Lipinski definition) is 9. The maximum absolute atomic E-state index is 13.6. The standard InChI is InChI=1S/C43H53N7O7/c1-23(2)36(48-41(52)55-7)40(51)49-14-8-9-33(49)38-44-19-32(46-38)26-10-12-28-27(16-26)22-56-35-18-29-25(17-30(28)35)11-13-31-37(29)47-39(45-31)34-15-24(21-54-6)20-50(34)42(53)57-43(3,4)5/h10,12,16-19,23-24,33-34,36H,8-9,11,13-15,20-22H2,1-7H3,(H,44,46)(H,45,47)(H,48,52). The Morgan fingerprint density at radius 2 is 1.81 bits per heavy atom. The molecule has 2 saturated heterocycles. The van der Waals surface area contributed by atoms with Gasteiger partial charge in [0, 0.05) is 42.9 Å². The number of carbonyl (C=O) groups is 3. The van der Waals surface area contributed by atoms with Gasteiger partial charge in [-0.25, -0.2) is 19.6 Å². The summed E-state index contributed by atoms with van der Waals surface area (Å²) in [5.41, 5.74) is 8.75. The van der Waals surface area contributed by atoms with Gasteiger partial charge in [-0.15, -0.1) is 0 Å². The van der Waals surface area contributed by atoms with Crippen molar-refractivity contribution in [3.8, 4) is 39.4 Å². The van der Waals surface area contributed by atoms with E-state index in [1.54, 1.807) is 12.0 Å². The van der Waals surface area contributed by atoms with Crippen molar-refractivity contribution in [3.05, 3.63) is 65.0 Å². The van der Waals surface area contributed by atoms with E-state index < -0.39 is 17.7 Å². The highest BCUT2D eigenvalue weighted by atomic mass is 16.6. The second kappa shape index (κ2) is 15.2. The molecule has 2 aromatic carbocycles. The maximum atomic E-state index is 13.6. The first-order valence-electron chi connectivity index (χ1n) is 20.0. The monoisotopic (exact) mass is 779 g/mol. The van der Waals surface area contributed by atoms with Crippen LogP contribution in [-0.4, -0.2) is 93.4 Å². The van der Waals surface area contributed by atoms with Gasteiger partial charge in [0.05, 0.1) is 43.4 Å². The number of imidazole rings is 2. The van der Waals surface area contributed by atoms with E-state index >= 15 is 0 Å². The van der Waals surface area contributed by atoms with Crippen molar-refractivity contribution in [1.29, 1.82) is 0 Å². The van der Waals surface area contributed by atoms with Gasteiger partial charge in [-0.05, 0) is 99.2 Å². The maximum Gasteiger partial charge on any atom is 0.410 e. The molecule has 5 heterocycles. The van der Waals surface area contributed by atoms with Gasteiger partial charge < -0.3 is 39.1 Å². The molecule has 14 heteroatoms. The van der Waals surface area contributed by atoms with Crippen molar-refractivity contribution in [2.24, 2.45) is 11.8 Å². The molecule has 8 rings (SSSR count). The molecule has 14 nitrogen and oxygen atoms in total. The molecule has 3 aliphatic heterocycles. The summed E-state index contributed by atoms with van der Waals surface area (Å²) < 4.78 is 22.5. The zero-order valence-electron chi connectivity index (χ0n) is 33.9. The number of H-pyrrole nitrogens is 2. The quantitative estimate of drug-likeness (QED) is 0.169. The van der Waals surface area contributed by atoms with Gasteiger partial charge >= 0.3 is 12.2 Å². The van der Waals surface area contributed by atoms with Crippen molar-refractivity contribution < 1.29 is 33.3 Å². The summed E-state index contributed by atoms with van der Waals surface area (Å²) >= 11 is 0. The smallest absolute Gasteiger partial charge is 0.410 e. The lowest BCUT2D eigenvalue weighted by atomic mass is 9.86. The van der Waals surface area contributed by atoms with Gasteiger partial charge in [0.2, 0.25) is 5.91 Å². The molecular weight excluding hydrogens is 727 g/mol. The summed E-state index contributed by atoms with van der Waals surface area (Å²) in [5, 5.41) is 2.71. The van der Waals surface area contributed by atoms with Gasteiger partial charge in [0.15, 0.2) is 0 Å². The number of amides is 3. The fraction of sp³-hybridized carbons (Fsp3) is 0.512. The van der Waals surface area contributed by atoms with E-state index in [0.29, 0.717) is 26.3 Å². The number of aryl methyl sites for hydroxylation is 2. The Balaban J connectivity index is 1.02. The third-order valence-electron chi connectivity index (χ3n) is 11.6. The van der Waals surface area contributed by atoms with Crippen LogP contribution in [0.15, 0.2) is 36.5 Å². The molecule has 302 valence electrons. The Labute approximate surface area is 333 Å². The van der Waals surface area contributed by atoms with E-state index in [2.05, 4.69) is 45.6 Å². The number of likely N-dealkylation sites (tertiary alicyclic amines) is 2. The molecule has 2 fully saturated rings.